The number of phenols is 1. The monoisotopic (exact) mass is 206 g/mol. The van der Waals surface area contributed by atoms with Gasteiger partial charge in [-0.1, -0.05) is 0 Å². The molecule has 0 bridgehead atoms. The molecule has 1 N–H and O–H groups in total. The number of hydrogen-bond donors (Lipinski definition) is 1. The second-order valence-corrected chi connectivity index (χ2v) is 3.20. The van der Waals surface area contributed by atoms with E-state index in [0.717, 1.165) is 12.6 Å². The van der Waals surface area contributed by atoms with Crippen molar-refractivity contribution in [1.82, 2.24) is 9.55 Å². The molecule has 0 saturated heterocycles. The van der Waals surface area contributed by atoms with Crippen molar-refractivity contribution in [3.05, 3.63) is 36.4 Å². The van der Waals surface area contributed by atoms with E-state index in [2.05, 4.69) is 4.98 Å². The number of rotatable bonds is 2. The first-order valence-corrected chi connectivity index (χ1v) is 4.72. The maximum atomic E-state index is 13.5. The minimum absolute atomic E-state index is 0.0779. The van der Waals surface area contributed by atoms with Crippen molar-refractivity contribution in [3.8, 4) is 17.1 Å². The third-order valence-electron chi connectivity index (χ3n) is 2.25. The van der Waals surface area contributed by atoms with E-state index in [1.807, 2.05) is 11.5 Å². The van der Waals surface area contributed by atoms with Crippen molar-refractivity contribution in [2.24, 2.45) is 0 Å². The highest BCUT2D eigenvalue weighted by atomic mass is 19.1. The fourth-order valence-corrected chi connectivity index (χ4v) is 1.49. The Morgan fingerprint density at radius 2 is 2.27 bits per heavy atom. The van der Waals surface area contributed by atoms with Crippen molar-refractivity contribution in [3.63, 3.8) is 0 Å². The molecule has 2 aromatic rings. The predicted molar refractivity (Wildman–Crippen MR) is 55.0 cm³/mol. The molecule has 0 aliphatic carbocycles. The molecule has 0 spiro atoms. The summed E-state index contributed by atoms with van der Waals surface area (Å²) in [6, 6.07) is 4.07. The van der Waals surface area contributed by atoms with Gasteiger partial charge in [-0.15, -0.1) is 0 Å². The van der Waals surface area contributed by atoms with Crippen molar-refractivity contribution < 1.29 is 9.50 Å². The second kappa shape index (κ2) is 3.73. The Balaban J connectivity index is 2.54. The number of halogens is 1. The zero-order valence-corrected chi connectivity index (χ0v) is 8.31. The van der Waals surface area contributed by atoms with E-state index in [9.17, 15) is 4.39 Å². The third-order valence-corrected chi connectivity index (χ3v) is 2.25. The Morgan fingerprint density at radius 3 is 2.93 bits per heavy atom. The molecule has 15 heavy (non-hydrogen) atoms. The summed E-state index contributed by atoms with van der Waals surface area (Å²) in [5.74, 6) is 0.0387. The van der Waals surface area contributed by atoms with Gasteiger partial charge in [0.2, 0.25) is 0 Å². The highest BCUT2D eigenvalue weighted by molar-refractivity contribution is 5.57. The van der Waals surface area contributed by atoms with Crippen LogP contribution in [-0.4, -0.2) is 14.7 Å². The van der Waals surface area contributed by atoms with Crippen LogP contribution >= 0.6 is 0 Å². The zero-order valence-electron chi connectivity index (χ0n) is 8.31. The van der Waals surface area contributed by atoms with Crippen molar-refractivity contribution in [2.45, 2.75) is 13.5 Å². The van der Waals surface area contributed by atoms with Crippen molar-refractivity contribution in [2.75, 3.05) is 0 Å². The third kappa shape index (κ3) is 1.70. The minimum Gasteiger partial charge on any atom is -0.508 e. The van der Waals surface area contributed by atoms with Gasteiger partial charge in [0.05, 0.1) is 5.56 Å². The Labute approximate surface area is 86.8 Å². The number of aromatic nitrogens is 2. The Bertz CT molecular complexity index is 479. The van der Waals surface area contributed by atoms with Gasteiger partial charge >= 0.3 is 0 Å². The molecule has 3 nitrogen and oxygen atoms in total. The standard InChI is InChI=1S/C11H11FN2O/c1-2-14-6-5-13-11(14)9-4-3-8(15)7-10(9)12/h3-7,15H,2H2,1H3. The summed E-state index contributed by atoms with van der Waals surface area (Å²) in [6.07, 6.45) is 3.42. The average molecular weight is 206 g/mol. The minimum atomic E-state index is -0.462. The summed E-state index contributed by atoms with van der Waals surface area (Å²) in [5.41, 5.74) is 0.402. The molecule has 0 fully saturated rings. The molecule has 0 saturated carbocycles. The highest BCUT2D eigenvalue weighted by Crippen LogP contribution is 2.24. The fraction of sp³-hybridized carbons (Fsp3) is 0.182. The van der Waals surface area contributed by atoms with E-state index in [1.165, 1.54) is 12.1 Å². The van der Waals surface area contributed by atoms with E-state index >= 15 is 0 Å². The second-order valence-electron chi connectivity index (χ2n) is 3.20. The molecule has 1 aromatic carbocycles. The van der Waals surface area contributed by atoms with Crippen LogP contribution in [0, 0.1) is 5.82 Å². The molecule has 2 rings (SSSR count). The number of nitrogens with zero attached hydrogens (tertiary/aromatic N) is 2. The van der Waals surface area contributed by atoms with Crippen LogP contribution in [-0.2, 0) is 6.54 Å². The topological polar surface area (TPSA) is 38.0 Å². The van der Waals surface area contributed by atoms with Crippen LogP contribution in [0.2, 0.25) is 0 Å². The van der Waals surface area contributed by atoms with E-state index in [4.69, 9.17) is 5.11 Å². The fourth-order valence-electron chi connectivity index (χ4n) is 1.49. The van der Waals surface area contributed by atoms with E-state index < -0.39 is 5.82 Å². The number of aryl methyl sites for hydroxylation is 1. The Morgan fingerprint density at radius 1 is 1.47 bits per heavy atom. The van der Waals surface area contributed by atoms with Crippen LogP contribution in [0.5, 0.6) is 5.75 Å². The lowest BCUT2D eigenvalue weighted by atomic mass is 10.2. The summed E-state index contributed by atoms with van der Waals surface area (Å²) in [5, 5.41) is 9.09. The maximum absolute atomic E-state index is 13.5. The lowest BCUT2D eigenvalue weighted by Gasteiger charge is -2.05. The number of aromatic hydroxyl groups is 1. The largest absolute Gasteiger partial charge is 0.508 e. The van der Waals surface area contributed by atoms with Gasteiger partial charge in [-0.05, 0) is 19.1 Å². The predicted octanol–water partition coefficient (Wildman–Crippen LogP) is 2.41. The summed E-state index contributed by atoms with van der Waals surface area (Å²) < 4.78 is 15.4. The van der Waals surface area contributed by atoms with Crippen LogP contribution in [0.25, 0.3) is 11.4 Å². The van der Waals surface area contributed by atoms with E-state index in [1.54, 1.807) is 12.4 Å². The lowest BCUT2D eigenvalue weighted by molar-refractivity contribution is 0.469. The first-order chi connectivity index (χ1) is 7.22. The molecule has 78 valence electrons. The quantitative estimate of drug-likeness (QED) is 0.819. The van der Waals surface area contributed by atoms with Gasteiger partial charge in [-0.2, -0.15) is 0 Å². The molecule has 0 unspecified atom stereocenters. The first-order valence-electron chi connectivity index (χ1n) is 4.72. The number of phenolic OH excluding ortho intramolecular Hbond substituents is 1. The first kappa shape index (κ1) is 9.71. The maximum Gasteiger partial charge on any atom is 0.142 e. The van der Waals surface area contributed by atoms with Crippen LogP contribution in [0.4, 0.5) is 4.39 Å². The van der Waals surface area contributed by atoms with E-state index in [-0.39, 0.29) is 5.75 Å². The zero-order chi connectivity index (χ0) is 10.8. The molecule has 0 atom stereocenters. The average Bonchev–Trinajstić information content (AvgIpc) is 2.65. The summed E-state index contributed by atoms with van der Waals surface area (Å²) in [6.45, 7) is 2.69. The van der Waals surface area contributed by atoms with Gasteiger partial charge < -0.3 is 9.67 Å². The van der Waals surface area contributed by atoms with Gasteiger partial charge in [0.25, 0.3) is 0 Å². The number of hydrogen-bond acceptors (Lipinski definition) is 2. The molecule has 0 aliphatic heterocycles. The number of imidazole rings is 1. The molecular formula is C11H11FN2O. The Kier molecular flexibility index (Phi) is 2.41. The summed E-state index contributed by atoms with van der Waals surface area (Å²) in [4.78, 5) is 4.09. The van der Waals surface area contributed by atoms with Crippen LogP contribution in [0.1, 0.15) is 6.92 Å². The molecule has 1 heterocycles. The highest BCUT2D eigenvalue weighted by Gasteiger charge is 2.10. The van der Waals surface area contributed by atoms with Gasteiger partial charge in [-0.25, -0.2) is 9.37 Å². The molecule has 0 aliphatic rings. The lowest BCUT2D eigenvalue weighted by Crippen LogP contribution is -1.97. The van der Waals surface area contributed by atoms with Gasteiger partial charge in [0.1, 0.15) is 17.4 Å². The van der Waals surface area contributed by atoms with Crippen LogP contribution in [0.15, 0.2) is 30.6 Å². The summed E-state index contributed by atoms with van der Waals surface area (Å²) in [7, 11) is 0. The van der Waals surface area contributed by atoms with Gasteiger partial charge in [0, 0.05) is 25.0 Å². The van der Waals surface area contributed by atoms with Crippen LogP contribution < -0.4 is 0 Å². The van der Waals surface area contributed by atoms with Crippen LogP contribution in [0.3, 0.4) is 0 Å². The number of benzene rings is 1. The molecular weight excluding hydrogens is 195 g/mol. The molecule has 1 aromatic heterocycles. The van der Waals surface area contributed by atoms with Crippen molar-refractivity contribution >= 4 is 0 Å². The molecule has 4 heteroatoms. The SMILES string of the molecule is CCn1ccnc1-c1ccc(O)cc1F. The van der Waals surface area contributed by atoms with Gasteiger partial charge in [-0.3, -0.25) is 0 Å². The van der Waals surface area contributed by atoms with Gasteiger partial charge in [0.15, 0.2) is 0 Å². The Hall–Kier alpha value is -1.84. The van der Waals surface area contributed by atoms with E-state index in [0.29, 0.717) is 11.4 Å². The summed E-state index contributed by atoms with van der Waals surface area (Å²) >= 11 is 0. The molecule has 0 radical (unpaired) electrons. The molecule has 0 amide bonds. The smallest absolute Gasteiger partial charge is 0.142 e. The normalized spacial score (nSPS) is 10.5. The van der Waals surface area contributed by atoms with Crippen molar-refractivity contribution in [1.29, 1.82) is 0 Å².